The van der Waals surface area contributed by atoms with E-state index in [0.29, 0.717) is 26.9 Å². The Balaban J connectivity index is 2.12. The standard InChI is InChI=1S/C17H12Cl2N4/c1-10-21-22-16-9-20-17(12-4-2-3-5-14(12)19)13-8-11(18)6-7-15(13)23(10)16/h2-8H,9H2,1H3/i1D3,9D2. The zero-order chi connectivity index (χ0) is 20.3. The number of nitrogens with zero attached hydrogens (tertiary/aromatic N) is 4. The number of halogens is 2. The van der Waals surface area contributed by atoms with E-state index < -0.39 is 13.3 Å². The molecule has 6 heteroatoms. The first-order chi connectivity index (χ1) is 13.1. The van der Waals surface area contributed by atoms with Crippen molar-refractivity contribution in [1.82, 2.24) is 14.8 Å². The summed E-state index contributed by atoms with van der Waals surface area (Å²) >= 11 is 12.5. The normalized spacial score (nSPS) is 19.0. The monoisotopic (exact) mass is 347 g/mol. The van der Waals surface area contributed by atoms with Crippen molar-refractivity contribution in [2.45, 2.75) is 13.3 Å². The molecule has 4 nitrogen and oxygen atoms in total. The van der Waals surface area contributed by atoms with Gasteiger partial charge in [0.1, 0.15) is 12.3 Å². The fourth-order valence-corrected chi connectivity index (χ4v) is 2.90. The Morgan fingerprint density at radius 3 is 2.83 bits per heavy atom. The van der Waals surface area contributed by atoms with E-state index in [2.05, 4.69) is 15.2 Å². The van der Waals surface area contributed by atoms with Crippen molar-refractivity contribution in [3.8, 4) is 5.69 Å². The SMILES string of the molecule is [2H]C([2H])([2H])c1nnc2n1-c1ccc(Cl)cc1C(c1ccccc1Cl)=NC2([2H])[2H]. The summed E-state index contributed by atoms with van der Waals surface area (Å²) in [5.41, 5.74) is 1.52. The second kappa shape index (κ2) is 5.48. The van der Waals surface area contributed by atoms with Crippen LogP contribution in [-0.2, 0) is 6.50 Å². The smallest absolute Gasteiger partial charge is 0.159 e. The third-order valence-corrected chi connectivity index (χ3v) is 4.08. The van der Waals surface area contributed by atoms with E-state index in [1.165, 1.54) is 4.57 Å². The van der Waals surface area contributed by atoms with Gasteiger partial charge < -0.3 is 0 Å². The Morgan fingerprint density at radius 2 is 2.00 bits per heavy atom. The van der Waals surface area contributed by atoms with Crippen LogP contribution in [0.5, 0.6) is 0 Å². The first-order valence-corrected chi connectivity index (χ1v) is 7.46. The van der Waals surface area contributed by atoms with Crippen LogP contribution >= 0.6 is 23.2 Å². The fourth-order valence-electron chi connectivity index (χ4n) is 2.50. The van der Waals surface area contributed by atoms with Crippen LogP contribution in [0.4, 0.5) is 0 Å². The lowest BCUT2D eigenvalue weighted by Gasteiger charge is -2.13. The Kier molecular flexibility index (Phi) is 2.35. The maximum Gasteiger partial charge on any atom is 0.159 e. The molecule has 0 atom stereocenters. The largest absolute Gasteiger partial charge is 0.281 e. The van der Waals surface area contributed by atoms with Gasteiger partial charge in [-0.05, 0) is 31.1 Å². The summed E-state index contributed by atoms with van der Waals surface area (Å²) in [5, 5.41) is 8.29. The van der Waals surface area contributed by atoms with E-state index in [0.717, 1.165) is 0 Å². The van der Waals surface area contributed by atoms with Gasteiger partial charge in [-0.1, -0.05) is 41.4 Å². The minimum Gasteiger partial charge on any atom is -0.281 e. The Morgan fingerprint density at radius 1 is 1.13 bits per heavy atom. The molecule has 0 radical (unpaired) electrons. The lowest BCUT2D eigenvalue weighted by Crippen LogP contribution is -2.08. The molecule has 0 N–H and O–H groups in total. The number of hydrogen-bond donors (Lipinski definition) is 0. The van der Waals surface area contributed by atoms with E-state index in [-0.39, 0.29) is 17.4 Å². The van der Waals surface area contributed by atoms with Crippen LogP contribution < -0.4 is 0 Å². The molecule has 1 aliphatic rings. The molecule has 0 saturated carbocycles. The van der Waals surface area contributed by atoms with Gasteiger partial charge in [0.05, 0.1) is 14.1 Å². The predicted octanol–water partition coefficient (Wildman–Crippen LogP) is 4.23. The highest BCUT2D eigenvalue weighted by atomic mass is 35.5. The lowest BCUT2D eigenvalue weighted by molar-refractivity contribution is 0.862. The summed E-state index contributed by atoms with van der Waals surface area (Å²) in [4.78, 5) is 4.26. The van der Waals surface area contributed by atoms with Gasteiger partial charge in [0.15, 0.2) is 5.82 Å². The summed E-state index contributed by atoms with van der Waals surface area (Å²) in [6, 6.07) is 11.6. The molecule has 4 rings (SSSR count). The van der Waals surface area contributed by atoms with Gasteiger partial charge in [-0.25, -0.2) is 0 Å². The topological polar surface area (TPSA) is 43.1 Å². The second-order valence-corrected chi connectivity index (χ2v) is 5.74. The van der Waals surface area contributed by atoms with Gasteiger partial charge in [-0.3, -0.25) is 9.56 Å². The number of aryl methyl sites for hydroxylation is 1. The zero-order valence-electron chi connectivity index (χ0n) is 16.6. The zero-order valence-corrected chi connectivity index (χ0v) is 13.1. The number of benzene rings is 2. The van der Waals surface area contributed by atoms with Crippen molar-refractivity contribution in [2.24, 2.45) is 4.99 Å². The molecule has 0 unspecified atom stereocenters. The lowest BCUT2D eigenvalue weighted by atomic mass is 10.0. The number of rotatable bonds is 1. The molecule has 114 valence electrons. The molecule has 1 aliphatic heterocycles. The molecular formula is C17H12Cl2N4. The molecule has 0 amide bonds. The first kappa shape index (κ1) is 9.85. The van der Waals surface area contributed by atoms with Crippen LogP contribution in [0.15, 0.2) is 47.5 Å². The van der Waals surface area contributed by atoms with Crippen LogP contribution in [0.3, 0.4) is 0 Å². The van der Waals surface area contributed by atoms with Crippen molar-refractivity contribution in [3.05, 3.63) is 75.3 Å². The highest BCUT2D eigenvalue weighted by molar-refractivity contribution is 6.36. The Hall–Kier alpha value is -2.17. The Labute approximate surface area is 150 Å². The van der Waals surface area contributed by atoms with E-state index in [9.17, 15) is 0 Å². The minimum atomic E-state index is -2.60. The number of aromatic nitrogens is 3. The minimum absolute atomic E-state index is 0.232. The molecule has 0 aliphatic carbocycles. The maximum atomic E-state index is 8.44. The van der Waals surface area contributed by atoms with E-state index in [4.69, 9.17) is 30.1 Å². The summed E-state index contributed by atoms with van der Waals surface area (Å²) < 4.78 is 41.4. The van der Waals surface area contributed by atoms with Crippen molar-refractivity contribution >= 4 is 28.9 Å². The van der Waals surface area contributed by atoms with Gasteiger partial charge >= 0.3 is 0 Å². The van der Waals surface area contributed by atoms with Gasteiger partial charge in [0.2, 0.25) is 0 Å². The first-order valence-electron chi connectivity index (χ1n) is 9.21. The summed E-state index contributed by atoms with van der Waals surface area (Å²) in [6.45, 7) is -4.95. The van der Waals surface area contributed by atoms with Crippen molar-refractivity contribution in [1.29, 1.82) is 0 Å². The van der Waals surface area contributed by atoms with Crippen molar-refractivity contribution in [3.63, 3.8) is 0 Å². The van der Waals surface area contributed by atoms with Gasteiger partial charge in [0.25, 0.3) is 0 Å². The van der Waals surface area contributed by atoms with Crippen molar-refractivity contribution in [2.75, 3.05) is 0 Å². The summed E-state index contributed by atoms with van der Waals surface area (Å²) in [6.07, 6.45) is 0. The highest BCUT2D eigenvalue weighted by Crippen LogP contribution is 2.30. The molecule has 0 saturated heterocycles. The quantitative estimate of drug-likeness (QED) is 0.660. The second-order valence-electron chi connectivity index (χ2n) is 4.90. The van der Waals surface area contributed by atoms with E-state index in [1.807, 2.05) is 0 Å². The maximum absolute atomic E-state index is 8.44. The molecule has 0 fully saturated rings. The third-order valence-electron chi connectivity index (χ3n) is 3.51. The molecule has 0 spiro atoms. The van der Waals surface area contributed by atoms with Crippen LogP contribution in [0.1, 0.15) is 29.6 Å². The van der Waals surface area contributed by atoms with Gasteiger partial charge in [-0.2, -0.15) is 0 Å². The Bertz CT molecular complexity index is 1120. The highest BCUT2D eigenvalue weighted by Gasteiger charge is 2.22. The van der Waals surface area contributed by atoms with Crippen LogP contribution in [0.25, 0.3) is 5.69 Å². The van der Waals surface area contributed by atoms with E-state index >= 15 is 0 Å². The average molecular weight is 348 g/mol. The molecular weight excluding hydrogens is 331 g/mol. The van der Waals surface area contributed by atoms with Gasteiger partial charge in [-0.15, -0.1) is 10.2 Å². The van der Waals surface area contributed by atoms with Crippen molar-refractivity contribution < 1.29 is 6.85 Å². The number of fused-ring (bicyclic) bond motifs is 3. The molecule has 1 aromatic heterocycles. The van der Waals surface area contributed by atoms with E-state index in [1.54, 1.807) is 42.5 Å². The molecule has 3 aromatic rings. The number of hydrogen-bond acceptors (Lipinski definition) is 3. The molecule has 0 bridgehead atoms. The van der Waals surface area contributed by atoms with Crippen LogP contribution in [-0.4, -0.2) is 20.5 Å². The molecule has 2 aromatic carbocycles. The summed E-state index contributed by atoms with van der Waals surface area (Å²) in [5.74, 6) is -0.588. The average Bonchev–Trinajstić information content (AvgIpc) is 3.03. The third kappa shape index (κ3) is 2.35. The van der Waals surface area contributed by atoms with Crippen LogP contribution in [0, 0.1) is 6.85 Å². The molecule has 2 heterocycles. The number of aliphatic imine (C=N–C) groups is 1. The molecule has 23 heavy (non-hydrogen) atoms. The van der Waals surface area contributed by atoms with Gasteiger partial charge in [0, 0.05) is 25.3 Å². The van der Waals surface area contributed by atoms with Crippen LogP contribution in [0.2, 0.25) is 10.0 Å². The summed E-state index contributed by atoms with van der Waals surface area (Å²) in [7, 11) is 0. The predicted molar refractivity (Wildman–Crippen MR) is 91.9 cm³/mol. The fraction of sp³-hybridized carbons (Fsp3) is 0.118.